The Morgan fingerprint density at radius 2 is 1.73 bits per heavy atom. The van der Waals surface area contributed by atoms with Gasteiger partial charge in [-0.05, 0) is 30.5 Å². The number of nitrogens with one attached hydrogen (secondary N) is 1. The molecule has 1 N–H and O–H groups in total. The van der Waals surface area contributed by atoms with Gasteiger partial charge in [-0.2, -0.15) is 0 Å². The van der Waals surface area contributed by atoms with E-state index in [0.717, 1.165) is 24.1 Å². The lowest BCUT2D eigenvalue weighted by Crippen LogP contribution is -2.53. The van der Waals surface area contributed by atoms with Crippen LogP contribution in [0.2, 0.25) is 0 Å². The minimum atomic E-state index is -0.292. The molecule has 1 unspecified atom stereocenters. The maximum absolute atomic E-state index is 12.5. The van der Waals surface area contributed by atoms with Crippen molar-refractivity contribution in [2.45, 2.75) is 32.3 Å². The summed E-state index contributed by atoms with van der Waals surface area (Å²) in [6.45, 7) is 4.36. The van der Waals surface area contributed by atoms with Crippen LogP contribution < -0.4 is 5.32 Å². The average Bonchev–Trinajstić information content (AvgIpc) is 3.17. The highest BCUT2D eigenvalue weighted by atomic mass is 16.5. The largest absolute Gasteiger partial charge is 0.368 e. The van der Waals surface area contributed by atoms with Gasteiger partial charge in [-0.1, -0.05) is 12.1 Å². The van der Waals surface area contributed by atoms with E-state index >= 15 is 0 Å². The van der Waals surface area contributed by atoms with Crippen LogP contribution in [0, 0.1) is 0 Å². The number of carbonyl (C=O) groups is 3. The first kappa shape index (κ1) is 18.4. The summed E-state index contributed by atoms with van der Waals surface area (Å²) in [5.74, 6) is -0.00565. The van der Waals surface area contributed by atoms with Gasteiger partial charge in [0.25, 0.3) is 5.91 Å². The molecule has 0 radical (unpaired) electrons. The van der Waals surface area contributed by atoms with Gasteiger partial charge in [-0.3, -0.25) is 14.4 Å². The molecule has 2 heterocycles. The third-order valence-corrected chi connectivity index (χ3v) is 4.78. The molecule has 1 aromatic carbocycles. The van der Waals surface area contributed by atoms with Crippen LogP contribution in [0.5, 0.6) is 0 Å². The SMILES string of the molecule is CC(=O)Nc1ccc(CC(=O)N2CCN(C(=O)C3CCCO3)CC2)cc1. The van der Waals surface area contributed by atoms with Crippen LogP contribution in [0.25, 0.3) is 0 Å². The second-order valence-electron chi connectivity index (χ2n) is 6.76. The summed E-state index contributed by atoms with van der Waals surface area (Å²) in [5.41, 5.74) is 1.62. The third-order valence-electron chi connectivity index (χ3n) is 4.78. The van der Waals surface area contributed by atoms with Crippen LogP contribution in [0.3, 0.4) is 0 Å². The summed E-state index contributed by atoms with van der Waals surface area (Å²) in [6.07, 6.45) is 1.77. The van der Waals surface area contributed by atoms with E-state index in [1.165, 1.54) is 6.92 Å². The van der Waals surface area contributed by atoms with Gasteiger partial charge in [0, 0.05) is 45.4 Å². The maximum Gasteiger partial charge on any atom is 0.251 e. The summed E-state index contributed by atoms with van der Waals surface area (Å²) in [5, 5.41) is 2.71. The van der Waals surface area contributed by atoms with E-state index in [4.69, 9.17) is 4.74 Å². The zero-order chi connectivity index (χ0) is 18.5. The Bertz CT molecular complexity index is 660. The Morgan fingerprint density at radius 1 is 1.08 bits per heavy atom. The van der Waals surface area contributed by atoms with Crippen LogP contribution in [0.4, 0.5) is 5.69 Å². The maximum atomic E-state index is 12.5. The summed E-state index contributed by atoms with van der Waals surface area (Å²) < 4.78 is 5.46. The van der Waals surface area contributed by atoms with Crippen molar-refractivity contribution in [2.75, 3.05) is 38.1 Å². The van der Waals surface area contributed by atoms with Gasteiger partial charge in [0.1, 0.15) is 6.10 Å². The van der Waals surface area contributed by atoms with E-state index in [1.54, 1.807) is 17.0 Å². The smallest absolute Gasteiger partial charge is 0.251 e. The van der Waals surface area contributed by atoms with Crippen molar-refractivity contribution in [3.63, 3.8) is 0 Å². The van der Waals surface area contributed by atoms with Gasteiger partial charge in [0.2, 0.25) is 11.8 Å². The lowest BCUT2D eigenvalue weighted by atomic mass is 10.1. The number of carbonyl (C=O) groups excluding carboxylic acids is 3. The first-order chi connectivity index (χ1) is 12.5. The summed E-state index contributed by atoms with van der Waals surface area (Å²) in [4.78, 5) is 39.5. The van der Waals surface area contributed by atoms with Crippen LogP contribution in [-0.4, -0.2) is 66.4 Å². The minimum Gasteiger partial charge on any atom is -0.368 e. The highest BCUT2D eigenvalue weighted by Crippen LogP contribution is 2.17. The minimum absolute atomic E-state index is 0.0569. The van der Waals surface area contributed by atoms with Crippen molar-refractivity contribution in [3.8, 4) is 0 Å². The van der Waals surface area contributed by atoms with Crippen molar-refractivity contribution < 1.29 is 19.1 Å². The van der Waals surface area contributed by atoms with Gasteiger partial charge < -0.3 is 19.9 Å². The number of benzene rings is 1. The fraction of sp³-hybridized carbons (Fsp3) is 0.526. The van der Waals surface area contributed by atoms with Gasteiger partial charge in [0.05, 0.1) is 6.42 Å². The first-order valence-electron chi connectivity index (χ1n) is 9.07. The van der Waals surface area contributed by atoms with Crippen LogP contribution in [-0.2, 0) is 25.5 Å². The Balaban J connectivity index is 1.47. The van der Waals surface area contributed by atoms with Gasteiger partial charge in [-0.15, -0.1) is 0 Å². The molecule has 2 aliphatic heterocycles. The Hall–Kier alpha value is -2.41. The molecular formula is C19H25N3O4. The second kappa shape index (κ2) is 8.31. The van der Waals surface area contributed by atoms with Crippen LogP contribution in [0.15, 0.2) is 24.3 Å². The van der Waals surface area contributed by atoms with Gasteiger partial charge in [-0.25, -0.2) is 0 Å². The van der Waals surface area contributed by atoms with Crippen molar-refractivity contribution in [3.05, 3.63) is 29.8 Å². The molecule has 2 saturated heterocycles. The molecule has 2 fully saturated rings. The Labute approximate surface area is 153 Å². The van der Waals surface area contributed by atoms with Gasteiger partial charge in [0.15, 0.2) is 0 Å². The molecule has 0 aromatic heterocycles. The van der Waals surface area contributed by atoms with Crippen molar-refractivity contribution in [1.29, 1.82) is 0 Å². The van der Waals surface area contributed by atoms with E-state index in [1.807, 2.05) is 17.0 Å². The highest BCUT2D eigenvalue weighted by Gasteiger charge is 2.31. The van der Waals surface area contributed by atoms with Crippen molar-refractivity contribution >= 4 is 23.4 Å². The lowest BCUT2D eigenvalue weighted by molar-refractivity contribution is -0.145. The van der Waals surface area contributed by atoms with Crippen LogP contribution in [0.1, 0.15) is 25.3 Å². The van der Waals surface area contributed by atoms with Gasteiger partial charge >= 0.3 is 0 Å². The van der Waals surface area contributed by atoms with Crippen molar-refractivity contribution in [1.82, 2.24) is 9.80 Å². The molecule has 0 bridgehead atoms. The zero-order valence-corrected chi connectivity index (χ0v) is 15.1. The quantitative estimate of drug-likeness (QED) is 0.871. The Morgan fingerprint density at radius 3 is 2.31 bits per heavy atom. The predicted octanol–water partition coefficient (Wildman–Crippen LogP) is 1.04. The number of rotatable bonds is 4. The molecule has 3 amide bonds. The fourth-order valence-corrected chi connectivity index (χ4v) is 3.35. The molecule has 2 aliphatic rings. The average molecular weight is 359 g/mol. The zero-order valence-electron chi connectivity index (χ0n) is 15.1. The molecule has 7 nitrogen and oxygen atoms in total. The Kier molecular flexibility index (Phi) is 5.88. The van der Waals surface area contributed by atoms with E-state index in [-0.39, 0.29) is 23.8 Å². The molecule has 1 aromatic rings. The third kappa shape index (κ3) is 4.60. The molecule has 26 heavy (non-hydrogen) atoms. The van der Waals surface area contributed by atoms with E-state index < -0.39 is 0 Å². The molecule has 1 atom stereocenters. The lowest BCUT2D eigenvalue weighted by Gasteiger charge is -2.35. The van der Waals surface area contributed by atoms with E-state index in [2.05, 4.69) is 5.32 Å². The number of ether oxygens (including phenoxy) is 1. The summed E-state index contributed by atoms with van der Waals surface area (Å²) in [6, 6.07) is 7.28. The monoisotopic (exact) mass is 359 g/mol. The molecule has 7 heteroatoms. The molecule has 0 spiro atoms. The van der Waals surface area contributed by atoms with Crippen molar-refractivity contribution in [2.24, 2.45) is 0 Å². The number of piperazine rings is 1. The molecule has 0 aliphatic carbocycles. The topological polar surface area (TPSA) is 79.0 Å². The predicted molar refractivity (Wildman–Crippen MR) is 96.6 cm³/mol. The number of hydrogen-bond acceptors (Lipinski definition) is 4. The highest BCUT2D eigenvalue weighted by molar-refractivity contribution is 5.88. The van der Waals surface area contributed by atoms with E-state index in [0.29, 0.717) is 39.2 Å². The number of hydrogen-bond donors (Lipinski definition) is 1. The standard InChI is InChI=1S/C19H25N3O4/c1-14(23)20-16-6-4-15(5-7-16)13-18(24)21-8-10-22(11-9-21)19(25)17-3-2-12-26-17/h4-7,17H,2-3,8-13H2,1H3,(H,20,23). The molecular weight excluding hydrogens is 334 g/mol. The summed E-state index contributed by atoms with van der Waals surface area (Å²) >= 11 is 0. The number of amides is 3. The first-order valence-corrected chi connectivity index (χ1v) is 9.07. The second-order valence-corrected chi connectivity index (χ2v) is 6.76. The normalized spacial score (nSPS) is 20.1. The number of anilines is 1. The van der Waals surface area contributed by atoms with Crippen LogP contribution >= 0.6 is 0 Å². The summed E-state index contributed by atoms with van der Waals surface area (Å²) in [7, 11) is 0. The van der Waals surface area contributed by atoms with E-state index in [9.17, 15) is 14.4 Å². The fourth-order valence-electron chi connectivity index (χ4n) is 3.35. The molecule has 0 saturated carbocycles. The number of nitrogens with zero attached hydrogens (tertiary/aromatic N) is 2. The molecule has 140 valence electrons. The molecule has 3 rings (SSSR count).